The van der Waals surface area contributed by atoms with Crippen molar-refractivity contribution in [3.05, 3.63) is 11.6 Å². The zero-order valence-corrected chi connectivity index (χ0v) is 7.95. The zero-order chi connectivity index (χ0) is 9.68. The van der Waals surface area contributed by atoms with Crippen molar-refractivity contribution >= 4 is 5.97 Å². The summed E-state index contributed by atoms with van der Waals surface area (Å²) in [5.74, 6) is -0.783. The minimum absolute atomic E-state index is 0.288. The Bertz CT molecular complexity index is 204. The summed E-state index contributed by atoms with van der Waals surface area (Å²) in [7, 11) is 0. The van der Waals surface area contributed by atoms with E-state index < -0.39 is 5.97 Å². The molecule has 1 fully saturated rings. The summed E-state index contributed by atoms with van der Waals surface area (Å²) in [6, 6.07) is 0. The van der Waals surface area contributed by atoms with Crippen LogP contribution in [0.25, 0.3) is 0 Å². The minimum atomic E-state index is -0.783. The highest BCUT2D eigenvalue weighted by molar-refractivity contribution is 5.86. The van der Waals surface area contributed by atoms with Crippen molar-refractivity contribution in [2.45, 2.75) is 38.7 Å². The maximum atomic E-state index is 10.7. The van der Waals surface area contributed by atoms with Gasteiger partial charge in [-0.1, -0.05) is 19.4 Å². The van der Waals surface area contributed by atoms with Crippen LogP contribution in [0.4, 0.5) is 0 Å². The van der Waals surface area contributed by atoms with E-state index in [1.807, 2.05) is 0 Å². The Hall–Kier alpha value is -0.830. The molecular weight excluding hydrogens is 168 g/mol. The van der Waals surface area contributed by atoms with Gasteiger partial charge in [-0.15, -0.1) is 0 Å². The van der Waals surface area contributed by atoms with Gasteiger partial charge in [-0.05, 0) is 19.3 Å². The van der Waals surface area contributed by atoms with Crippen LogP contribution in [0, 0.1) is 0 Å². The molecule has 1 N–H and O–H groups in total. The number of epoxide rings is 1. The van der Waals surface area contributed by atoms with Crippen molar-refractivity contribution in [2.75, 3.05) is 6.61 Å². The van der Waals surface area contributed by atoms with Gasteiger partial charge in [0.05, 0.1) is 12.7 Å². The van der Waals surface area contributed by atoms with Crippen molar-refractivity contribution in [1.82, 2.24) is 0 Å². The minimum Gasteiger partial charge on any atom is -0.478 e. The summed E-state index contributed by atoms with van der Waals surface area (Å²) in [5.41, 5.74) is 0.539. The molecule has 0 bridgehead atoms. The van der Waals surface area contributed by atoms with Gasteiger partial charge in [0.15, 0.2) is 0 Å². The molecular formula is C10H16O3. The molecule has 1 unspecified atom stereocenters. The van der Waals surface area contributed by atoms with Gasteiger partial charge in [0, 0.05) is 5.57 Å². The third-order valence-electron chi connectivity index (χ3n) is 2.10. The van der Waals surface area contributed by atoms with Crippen molar-refractivity contribution < 1.29 is 14.6 Å². The number of carboxylic acids is 1. The maximum Gasteiger partial charge on any atom is 0.331 e. The van der Waals surface area contributed by atoms with Gasteiger partial charge in [0.2, 0.25) is 0 Å². The van der Waals surface area contributed by atoms with E-state index in [1.54, 1.807) is 6.08 Å². The molecule has 0 aromatic carbocycles. The first-order chi connectivity index (χ1) is 6.24. The highest BCUT2D eigenvalue weighted by atomic mass is 16.6. The molecule has 0 amide bonds. The van der Waals surface area contributed by atoms with Gasteiger partial charge in [0.1, 0.15) is 0 Å². The Kier molecular flexibility index (Phi) is 3.96. The fraction of sp³-hybridized carbons (Fsp3) is 0.700. The summed E-state index contributed by atoms with van der Waals surface area (Å²) in [5, 5.41) is 8.82. The Morgan fingerprint density at radius 2 is 2.38 bits per heavy atom. The predicted octanol–water partition coefficient (Wildman–Crippen LogP) is 1.98. The van der Waals surface area contributed by atoms with Crippen LogP contribution >= 0.6 is 0 Å². The number of hydrogen-bond donors (Lipinski definition) is 1. The average molecular weight is 184 g/mol. The lowest BCUT2D eigenvalue weighted by atomic mass is 10.1. The van der Waals surface area contributed by atoms with Crippen LogP contribution in [0.1, 0.15) is 32.6 Å². The zero-order valence-electron chi connectivity index (χ0n) is 7.95. The lowest BCUT2D eigenvalue weighted by Crippen LogP contribution is -2.01. The molecule has 0 spiro atoms. The smallest absolute Gasteiger partial charge is 0.331 e. The third-order valence-corrected chi connectivity index (χ3v) is 2.10. The Morgan fingerprint density at radius 1 is 1.69 bits per heavy atom. The first kappa shape index (κ1) is 10.3. The van der Waals surface area contributed by atoms with Crippen LogP contribution in [0.15, 0.2) is 11.6 Å². The lowest BCUT2D eigenvalue weighted by Gasteiger charge is -1.99. The quantitative estimate of drug-likeness (QED) is 0.507. The van der Waals surface area contributed by atoms with E-state index in [1.165, 1.54) is 0 Å². The molecule has 1 aliphatic heterocycles. The molecule has 1 aliphatic rings. The number of rotatable bonds is 6. The fourth-order valence-corrected chi connectivity index (χ4v) is 1.14. The first-order valence-corrected chi connectivity index (χ1v) is 4.78. The van der Waals surface area contributed by atoms with E-state index >= 15 is 0 Å². The topological polar surface area (TPSA) is 49.8 Å². The SMILES string of the molecule is CCCC/C(=C/CC1CO1)C(=O)O. The third kappa shape index (κ3) is 4.08. The number of unbranched alkanes of at least 4 members (excludes halogenated alkanes) is 1. The average Bonchev–Trinajstić information content (AvgIpc) is 2.87. The van der Waals surface area contributed by atoms with Crippen molar-refractivity contribution in [3.63, 3.8) is 0 Å². The molecule has 74 valence electrons. The summed E-state index contributed by atoms with van der Waals surface area (Å²) < 4.78 is 5.01. The second-order valence-corrected chi connectivity index (χ2v) is 3.33. The highest BCUT2D eigenvalue weighted by Crippen LogP contribution is 2.17. The van der Waals surface area contributed by atoms with Crippen LogP contribution in [-0.4, -0.2) is 23.8 Å². The van der Waals surface area contributed by atoms with Crippen LogP contribution in [0.5, 0.6) is 0 Å². The number of hydrogen-bond acceptors (Lipinski definition) is 2. The monoisotopic (exact) mass is 184 g/mol. The second kappa shape index (κ2) is 5.02. The molecule has 0 aromatic heterocycles. The van der Waals surface area contributed by atoms with Crippen LogP contribution < -0.4 is 0 Å². The summed E-state index contributed by atoms with van der Waals surface area (Å²) in [6.07, 6.45) is 5.50. The first-order valence-electron chi connectivity index (χ1n) is 4.78. The van der Waals surface area contributed by atoms with E-state index in [0.29, 0.717) is 12.0 Å². The number of aliphatic carboxylic acids is 1. The molecule has 3 heteroatoms. The molecule has 13 heavy (non-hydrogen) atoms. The van der Waals surface area contributed by atoms with Crippen molar-refractivity contribution in [2.24, 2.45) is 0 Å². The van der Waals surface area contributed by atoms with Gasteiger partial charge < -0.3 is 9.84 Å². The number of carbonyl (C=O) groups is 1. The van der Waals surface area contributed by atoms with Gasteiger partial charge in [-0.25, -0.2) is 4.79 Å². The van der Waals surface area contributed by atoms with E-state index in [-0.39, 0.29) is 6.10 Å². The second-order valence-electron chi connectivity index (χ2n) is 3.33. The largest absolute Gasteiger partial charge is 0.478 e. The molecule has 0 aliphatic carbocycles. The standard InChI is InChI=1S/C10H16O3/c1-2-3-4-8(10(11)12)5-6-9-7-13-9/h5,9H,2-4,6-7H2,1H3,(H,11,12)/b8-5-. The molecule has 3 nitrogen and oxygen atoms in total. The number of ether oxygens (including phenoxy) is 1. The number of carboxylic acid groups (broad SMARTS) is 1. The summed E-state index contributed by atoms with van der Waals surface area (Å²) in [4.78, 5) is 10.7. The highest BCUT2D eigenvalue weighted by Gasteiger charge is 2.21. The van der Waals surface area contributed by atoms with Crippen LogP contribution in [0.2, 0.25) is 0 Å². The molecule has 0 saturated carbocycles. The molecule has 1 rings (SSSR count). The molecule has 1 heterocycles. The Labute approximate surface area is 78.4 Å². The van der Waals surface area contributed by atoms with Crippen molar-refractivity contribution in [1.29, 1.82) is 0 Å². The van der Waals surface area contributed by atoms with Gasteiger partial charge in [-0.2, -0.15) is 0 Å². The van der Waals surface area contributed by atoms with E-state index in [0.717, 1.165) is 25.9 Å². The summed E-state index contributed by atoms with van der Waals surface area (Å²) in [6.45, 7) is 2.85. The molecule has 1 atom stereocenters. The normalized spacial score (nSPS) is 21.6. The van der Waals surface area contributed by atoms with Crippen LogP contribution in [-0.2, 0) is 9.53 Å². The predicted molar refractivity (Wildman–Crippen MR) is 49.6 cm³/mol. The Morgan fingerprint density at radius 3 is 2.85 bits per heavy atom. The maximum absolute atomic E-state index is 10.7. The fourth-order valence-electron chi connectivity index (χ4n) is 1.14. The van der Waals surface area contributed by atoms with Gasteiger partial charge in [0.25, 0.3) is 0 Å². The molecule has 0 radical (unpaired) electrons. The van der Waals surface area contributed by atoms with Crippen molar-refractivity contribution in [3.8, 4) is 0 Å². The molecule has 1 saturated heterocycles. The van der Waals surface area contributed by atoms with E-state index in [4.69, 9.17) is 9.84 Å². The summed E-state index contributed by atoms with van der Waals surface area (Å²) >= 11 is 0. The van der Waals surface area contributed by atoms with E-state index in [2.05, 4.69) is 6.92 Å². The van der Waals surface area contributed by atoms with Gasteiger partial charge in [-0.3, -0.25) is 0 Å². The lowest BCUT2D eigenvalue weighted by molar-refractivity contribution is -0.132. The molecule has 0 aromatic rings. The van der Waals surface area contributed by atoms with Gasteiger partial charge >= 0.3 is 5.97 Å². The van der Waals surface area contributed by atoms with Crippen LogP contribution in [0.3, 0.4) is 0 Å². The van der Waals surface area contributed by atoms with E-state index in [9.17, 15) is 4.79 Å². The Balaban J connectivity index is 2.34.